The van der Waals surface area contributed by atoms with Crippen molar-refractivity contribution in [3.63, 3.8) is 0 Å². The summed E-state index contributed by atoms with van der Waals surface area (Å²) < 4.78 is 5.82. The second kappa shape index (κ2) is 8.85. The first-order valence-corrected chi connectivity index (χ1v) is 10.2. The molecule has 2 aromatic rings. The molecular weight excluding hydrogens is 486 g/mol. The maximum absolute atomic E-state index is 12.3. The molecule has 29 heavy (non-hydrogen) atoms. The van der Waals surface area contributed by atoms with Gasteiger partial charge in [-0.2, -0.15) is 0 Å². The zero-order chi connectivity index (χ0) is 21.1. The highest BCUT2D eigenvalue weighted by molar-refractivity contribution is 9.10. The van der Waals surface area contributed by atoms with E-state index in [1.807, 2.05) is 0 Å². The fraction of sp³-hybridized carbons (Fsp3) is 0.111. The molecule has 1 amide bonds. The Balaban J connectivity index is 1.87. The van der Waals surface area contributed by atoms with Gasteiger partial charge in [0.15, 0.2) is 16.7 Å². The van der Waals surface area contributed by atoms with Crippen molar-refractivity contribution in [3.8, 4) is 11.5 Å². The first kappa shape index (κ1) is 21.2. The number of nitro groups is 1. The predicted molar refractivity (Wildman–Crippen MR) is 116 cm³/mol. The van der Waals surface area contributed by atoms with E-state index < -0.39 is 4.92 Å². The SMILES string of the molecule is CCOc1cc(/C=C2/SC(=Nc3ccc([N+](=O)[O-])cc3Cl)NC2=O)cc(Br)c1O. The van der Waals surface area contributed by atoms with Crippen LogP contribution in [0, 0.1) is 10.1 Å². The van der Waals surface area contributed by atoms with Crippen molar-refractivity contribution in [2.45, 2.75) is 6.92 Å². The number of benzene rings is 2. The van der Waals surface area contributed by atoms with Crippen molar-refractivity contribution in [2.24, 2.45) is 4.99 Å². The number of non-ortho nitro benzene ring substituents is 1. The molecule has 0 radical (unpaired) electrons. The van der Waals surface area contributed by atoms with Crippen LogP contribution in [0.3, 0.4) is 0 Å². The third-order valence-corrected chi connectivity index (χ3v) is 5.48. The molecule has 2 N–H and O–H groups in total. The summed E-state index contributed by atoms with van der Waals surface area (Å²) in [6.07, 6.45) is 1.63. The molecule has 3 rings (SSSR count). The number of phenolic OH excluding ortho intramolecular Hbond substituents is 1. The van der Waals surface area contributed by atoms with Crippen LogP contribution in [0.25, 0.3) is 6.08 Å². The fourth-order valence-corrected chi connectivity index (χ4v) is 3.90. The van der Waals surface area contributed by atoms with E-state index in [-0.39, 0.29) is 22.4 Å². The Bertz CT molecular complexity index is 1070. The molecule has 1 heterocycles. The third-order valence-electron chi connectivity index (χ3n) is 3.66. The summed E-state index contributed by atoms with van der Waals surface area (Å²) in [7, 11) is 0. The van der Waals surface area contributed by atoms with E-state index in [1.165, 1.54) is 18.2 Å². The zero-order valence-corrected chi connectivity index (χ0v) is 18.0. The normalized spacial score (nSPS) is 16.3. The van der Waals surface area contributed by atoms with Crippen LogP contribution in [-0.4, -0.2) is 27.7 Å². The number of amidine groups is 1. The molecule has 0 bridgehead atoms. The number of ether oxygens (including phenoxy) is 1. The number of phenols is 1. The number of nitrogens with one attached hydrogen (secondary N) is 1. The highest BCUT2D eigenvalue weighted by Crippen LogP contribution is 2.38. The summed E-state index contributed by atoms with van der Waals surface area (Å²) in [6, 6.07) is 7.16. The van der Waals surface area contributed by atoms with Crippen LogP contribution in [0.1, 0.15) is 12.5 Å². The molecule has 0 aromatic heterocycles. The van der Waals surface area contributed by atoms with Crippen molar-refractivity contribution in [1.82, 2.24) is 5.32 Å². The van der Waals surface area contributed by atoms with Gasteiger partial charge in [0.1, 0.15) is 0 Å². The molecule has 1 saturated heterocycles. The molecule has 1 aliphatic heterocycles. The molecule has 0 unspecified atom stereocenters. The summed E-state index contributed by atoms with van der Waals surface area (Å²) >= 11 is 10.4. The van der Waals surface area contributed by atoms with E-state index in [1.54, 1.807) is 25.1 Å². The van der Waals surface area contributed by atoms with Crippen LogP contribution in [-0.2, 0) is 4.79 Å². The molecule has 0 saturated carbocycles. The Labute approximate surface area is 182 Å². The molecule has 2 aromatic carbocycles. The maximum atomic E-state index is 12.3. The Morgan fingerprint density at radius 1 is 1.41 bits per heavy atom. The van der Waals surface area contributed by atoms with Crippen molar-refractivity contribution in [3.05, 3.63) is 60.4 Å². The number of hydrogen-bond donors (Lipinski definition) is 2. The van der Waals surface area contributed by atoms with E-state index in [9.17, 15) is 20.0 Å². The van der Waals surface area contributed by atoms with Gasteiger partial charge in [0.25, 0.3) is 11.6 Å². The van der Waals surface area contributed by atoms with Crippen molar-refractivity contribution in [2.75, 3.05) is 6.61 Å². The van der Waals surface area contributed by atoms with Gasteiger partial charge in [0.2, 0.25) is 0 Å². The summed E-state index contributed by atoms with van der Waals surface area (Å²) in [5, 5.41) is 23.8. The lowest BCUT2D eigenvalue weighted by Gasteiger charge is -2.08. The minimum Gasteiger partial charge on any atom is -0.503 e. The number of aliphatic imine (C=N–C) groups is 1. The molecular formula is C18H13BrClN3O5S. The minimum absolute atomic E-state index is 0.0207. The molecule has 150 valence electrons. The summed E-state index contributed by atoms with van der Waals surface area (Å²) in [5.74, 6) is -0.0785. The number of thioether (sulfide) groups is 1. The second-order valence-corrected chi connectivity index (χ2v) is 7.95. The van der Waals surface area contributed by atoms with Crippen LogP contribution >= 0.6 is 39.3 Å². The predicted octanol–water partition coefficient (Wildman–Crippen LogP) is 5.01. The van der Waals surface area contributed by atoms with Crippen molar-refractivity contribution in [1.29, 1.82) is 0 Å². The number of halogens is 2. The van der Waals surface area contributed by atoms with Gasteiger partial charge in [0, 0.05) is 12.1 Å². The van der Waals surface area contributed by atoms with Gasteiger partial charge in [-0.3, -0.25) is 14.9 Å². The van der Waals surface area contributed by atoms with Gasteiger partial charge in [0.05, 0.1) is 31.6 Å². The summed E-state index contributed by atoms with van der Waals surface area (Å²) in [4.78, 5) is 27.1. The number of nitro benzene ring substituents is 1. The molecule has 0 aliphatic carbocycles. The van der Waals surface area contributed by atoms with Crippen LogP contribution in [0.5, 0.6) is 11.5 Å². The van der Waals surface area contributed by atoms with E-state index in [0.29, 0.717) is 38.2 Å². The summed E-state index contributed by atoms with van der Waals surface area (Å²) in [6.45, 7) is 2.17. The van der Waals surface area contributed by atoms with E-state index in [0.717, 1.165) is 11.8 Å². The van der Waals surface area contributed by atoms with Gasteiger partial charge in [-0.15, -0.1) is 0 Å². The quantitative estimate of drug-likeness (QED) is 0.340. The lowest BCUT2D eigenvalue weighted by molar-refractivity contribution is -0.384. The van der Waals surface area contributed by atoms with E-state index in [2.05, 4.69) is 26.2 Å². The number of nitrogens with zero attached hydrogens (tertiary/aromatic N) is 2. The lowest BCUT2D eigenvalue weighted by Crippen LogP contribution is -2.19. The van der Waals surface area contributed by atoms with Crippen molar-refractivity contribution < 1.29 is 19.6 Å². The Kier molecular flexibility index (Phi) is 6.46. The van der Waals surface area contributed by atoms with Gasteiger partial charge in [-0.25, -0.2) is 4.99 Å². The topological polar surface area (TPSA) is 114 Å². The Hall–Kier alpha value is -2.56. The smallest absolute Gasteiger partial charge is 0.271 e. The number of amides is 1. The van der Waals surface area contributed by atoms with Crippen LogP contribution < -0.4 is 10.1 Å². The number of hydrogen-bond acceptors (Lipinski definition) is 7. The number of rotatable bonds is 5. The number of aromatic hydroxyl groups is 1. The first-order chi connectivity index (χ1) is 13.8. The maximum Gasteiger partial charge on any atom is 0.271 e. The molecule has 8 nitrogen and oxygen atoms in total. The average molecular weight is 499 g/mol. The fourth-order valence-electron chi connectivity index (χ4n) is 2.38. The first-order valence-electron chi connectivity index (χ1n) is 8.17. The van der Waals surface area contributed by atoms with Gasteiger partial charge < -0.3 is 15.2 Å². The molecule has 1 aliphatic rings. The third kappa shape index (κ3) is 4.89. The van der Waals surface area contributed by atoms with Crippen molar-refractivity contribution >= 4 is 67.8 Å². The van der Waals surface area contributed by atoms with Crippen LogP contribution in [0.15, 0.2) is 44.7 Å². The molecule has 0 atom stereocenters. The average Bonchev–Trinajstić information content (AvgIpc) is 3.00. The zero-order valence-electron chi connectivity index (χ0n) is 14.8. The Morgan fingerprint density at radius 2 is 2.17 bits per heavy atom. The van der Waals surface area contributed by atoms with Gasteiger partial charge in [-0.05, 0) is 64.5 Å². The number of carbonyl (C=O) groups is 1. The molecule has 0 spiro atoms. The summed E-state index contributed by atoms with van der Waals surface area (Å²) in [5.41, 5.74) is 0.795. The van der Waals surface area contributed by atoms with Gasteiger partial charge in [-0.1, -0.05) is 11.6 Å². The highest BCUT2D eigenvalue weighted by Gasteiger charge is 2.24. The minimum atomic E-state index is -0.554. The largest absolute Gasteiger partial charge is 0.503 e. The standard InChI is InChI=1S/C18H13BrClN3O5S/c1-2-28-14-6-9(5-11(19)16(14)24)7-15-17(25)22-18(29-15)21-13-4-3-10(23(26)27)8-12(13)20/h3-8,24H,2H2,1H3,(H,21,22,25)/b15-7+. The van der Waals surface area contributed by atoms with E-state index >= 15 is 0 Å². The highest BCUT2D eigenvalue weighted by atomic mass is 79.9. The van der Waals surface area contributed by atoms with Crippen LogP contribution in [0.2, 0.25) is 5.02 Å². The molecule has 1 fully saturated rings. The lowest BCUT2D eigenvalue weighted by atomic mass is 10.2. The van der Waals surface area contributed by atoms with Crippen LogP contribution in [0.4, 0.5) is 11.4 Å². The second-order valence-electron chi connectivity index (χ2n) is 5.66. The Morgan fingerprint density at radius 3 is 2.83 bits per heavy atom. The number of carbonyl (C=O) groups excluding carboxylic acids is 1. The van der Waals surface area contributed by atoms with E-state index in [4.69, 9.17) is 16.3 Å². The molecule has 11 heteroatoms. The van der Waals surface area contributed by atoms with Gasteiger partial charge >= 0.3 is 0 Å². The monoisotopic (exact) mass is 497 g/mol.